The highest BCUT2D eigenvalue weighted by atomic mass is 32.1. The molecule has 3 aliphatic heterocycles. The Morgan fingerprint density at radius 2 is 1.60 bits per heavy atom. The maximum absolute atomic E-state index is 17.7. The van der Waals surface area contributed by atoms with Crippen LogP contribution in [0.4, 0.5) is 38.1 Å². The van der Waals surface area contributed by atoms with Crippen LogP contribution in [0.2, 0.25) is 0 Å². The van der Waals surface area contributed by atoms with Gasteiger partial charge in [-0.05, 0) is 106 Å². The Morgan fingerprint density at radius 1 is 0.969 bits per heavy atom. The van der Waals surface area contributed by atoms with Crippen LogP contribution in [-0.2, 0) is 30.5 Å². The highest BCUT2D eigenvalue weighted by Crippen LogP contribution is 2.48. The molecule has 5 aromatic rings. The first-order valence-corrected chi connectivity index (χ1v) is 21.8. The van der Waals surface area contributed by atoms with E-state index in [1.54, 1.807) is 86.0 Å². The zero-order valence-corrected chi connectivity index (χ0v) is 37.6. The monoisotopic (exact) mass is 921 g/mol. The van der Waals surface area contributed by atoms with E-state index in [9.17, 15) is 9.59 Å². The van der Waals surface area contributed by atoms with Gasteiger partial charge < -0.3 is 34.1 Å². The molecule has 0 spiro atoms. The van der Waals surface area contributed by atoms with E-state index in [-0.39, 0.29) is 37.4 Å². The van der Waals surface area contributed by atoms with Crippen LogP contribution in [0.1, 0.15) is 78.2 Å². The van der Waals surface area contributed by atoms with Crippen LogP contribution in [0.5, 0.6) is 17.4 Å². The molecule has 0 unspecified atom stereocenters. The molecule has 19 heteroatoms. The molecular weight excluding hydrogens is 874 g/mol. The Labute approximate surface area is 376 Å². The van der Waals surface area contributed by atoms with Crippen molar-refractivity contribution in [1.29, 1.82) is 0 Å². The number of carbonyl (C=O) groups is 2. The van der Waals surface area contributed by atoms with E-state index in [0.717, 1.165) is 24.5 Å². The van der Waals surface area contributed by atoms with E-state index in [4.69, 9.17) is 18.9 Å². The Kier molecular flexibility index (Phi) is 12.3. The third-order valence-corrected chi connectivity index (χ3v) is 12.6. The number of rotatable bonds is 11. The number of hydrogen-bond donors (Lipinski definition) is 1. The van der Waals surface area contributed by atoms with E-state index in [2.05, 4.69) is 19.7 Å². The van der Waals surface area contributed by atoms with Crippen LogP contribution in [0.25, 0.3) is 11.3 Å². The number of amides is 2. The minimum Gasteiger partial charge on any atom is -0.497 e. The van der Waals surface area contributed by atoms with Crippen molar-refractivity contribution in [3.63, 3.8) is 0 Å². The molecule has 5 heterocycles. The van der Waals surface area contributed by atoms with E-state index >= 15 is 22.0 Å². The van der Waals surface area contributed by atoms with Crippen molar-refractivity contribution in [2.24, 2.45) is 0 Å². The molecule has 65 heavy (non-hydrogen) atoms. The summed E-state index contributed by atoms with van der Waals surface area (Å²) in [5, 5.41) is 3.30. The number of anilines is 2. The molecule has 2 saturated heterocycles. The zero-order valence-electron chi connectivity index (χ0n) is 36.8. The van der Waals surface area contributed by atoms with E-state index in [1.807, 2.05) is 0 Å². The van der Waals surface area contributed by atoms with Crippen LogP contribution in [0, 0.1) is 18.6 Å². The SMILES string of the molecule is COc1ccc(CN(Cc2ccc(OC)cc2)c2cc(-c3nc4c(c(NCc5ncns5)c3F)C(=O)N3C[C@H]5CC[C@@H]([C@H]3[C@H](C)O4)N5C(=O)OC(C)(C)C)c(C(F)(F)F)c(C)c2F)cc1. The molecule has 0 aliphatic carbocycles. The molecule has 1 N–H and O–H groups in total. The molecule has 2 fully saturated rings. The van der Waals surface area contributed by atoms with E-state index in [1.165, 1.54) is 25.4 Å². The third-order valence-electron chi connectivity index (χ3n) is 11.9. The van der Waals surface area contributed by atoms with Crippen molar-refractivity contribution in [1.82, 2.24) is 24.1 Å². The van der Waals surface area contributed by atoms with Crippen molar-refractivity contribution in [3.8, 4) is 28.6 Å². The lowest BCUT2D eigenvalue weighted by Gasteiger charge is -2.47. The number of hydrogen-bond acceptors (Lipinski definition) is 12. The highest BCUT2D eigenvalue weighted by Gasteiger charge is 2.55. The maximum atomic E-state index is 17.7. The molecule has 2 aromatic heterocycles. The van der Waals surface area contributed by atoms with Gasteiger partial charge >= 0.3 is 12.3 Å². The number of methoxy groups -OCH3 is 2. The number of ether oxygens (including phenoxy) is 4. The summed E-state index contributed by atoms with van der Waals surface area (Å²) in [5.74, 6) is -2.47. The summed E-state index contributed by atoms with van der Waals surface area (Å²) in [5.41, 5.74) is -4.40. The van der Waals surface area contributed by atoms with Gasteiger partial charge in [-0.2, -0.15) is 17.5 Å². The number of halogens is 5. The van der Waals surface area contributed by atoms with Gasteiger partial charge in [-0.25, -0.2) is 23.5 Å². The Hall–Kier alpha value is -6.24. The minimum atomic E-state index is -5.20. The van der Waals surface area contributed by atoms with Crippen molar-refractivity contribution in [3.05, 3.63) is 105 Å². The summed E-state index contributed by atoms with van der Waals surface area (Å²) >= 11 is 0.997. The molecule has 3 aliphatic rings. The molecule has 2 bridgehead atoms. The lowest BCUT2D eigenvalue weighted by Crippen LogP contribution is -2.65. The molecule has 344 valence electrons. The normalized spacial score (nSPS) is 19.2. The first kappa shape index (κ1) is 45.3. The number of alkyl halides is 3. The molecule has 8 rings (SSSR count). The van der Waals surface area contributed by atoms with Gasteiger partial charge in [-0.15, -0.1) is 0 Å². The fourth-order valence-corrected chi connectivity index (χ4v) is 9.50. The molecule has 3 aromatic carbocycles. The van der Waals surface area contributed by atoms with Gasteiger partial charge in [0.1, 0.15) is 51.6 Å². The van der Waals surface area contributed by atoms with Gasteiger partial charge in [-0.3, -0.25) is 9.69 Å². The number of nitrogens with zero attached hydrogens (tertiary/aromatic N) is 6. The van der Waals surface area contributed by atoms with Crippen LogP contribution in [0.15, 0.2) is 60.9 Å². The van der Waals surface area contributed by atoms with Gasteiger partial charge in [0.15, 0.2) is 5.82 Å². The van der Waals surface area contributed by atoms with Crippen LogP contribution in [-0.4, -0.2) is 86.7 Å². The number of nitrogens with one attached hydrogen (secondary N) is 1. The van der Waals surface area contributed by atoms with Crippen molar-refractivity contribution >= 4 is 34.9 Å². The number of piperazine rings is 1. The van der Waals surface area contributed by atoms with Crippen LogP contribution < -0.4 is 24.4 Å². The van der Waals surface area contributed by atoms with Crippen LogP contribution >= 0.6 is 11.5 Å². The smallest absolute Gasteiger partial charge is 0.417 e. The highest BCUT2D eigenvalue weighted by molar-refractivity contribution is 7.05. The molecular formula is C46H48F5N7O6S. The summed E-state index contributed by atoms with van der Waals surface area (Å²) in [6.45, 7) is 7.84. The second-order valence-corrected chi connectivity index (χ2v) is 18.1. The van der Waals surface area contributed by atoms with Gasteiger partial charge in [0, 0.05) is 25.2 Å². The van der Waals surface area contributed by atoms with Crippen molar-refractivity contribution in [2.45, 2.75) is 103 Å². The summed E-state index contributed by atoms with van der Waals surface area (Å²) in [6.07, 6.45) is -4.28. The number of aromatic nitrogens is 3. The first-order chi connectivity index (χ1) is 30.9. The van der Waals surface area contributed by atoms with Gasteiger partial charge in [0.25, 0.3) is 5.91 Å². The number of pyridine rings is 1. The average molecular weight is 922 g/mol. The predicted molar refractivity (Wildman–Crippen MR) is 232 cm³/mol. The molecule has 2 amide bonds. The Balaban J connectivity index is 1.29. The average Bonchev–Trinajstić information content (AvgIpc) is 3.87. The first-order valence-electron chi connectivity index (χ1n) is 21.0. The number of fused-ring (bicyclic) bond motifs is 5. The number of carbonyl (C=O) groups excluding carboxylic acids is 2. The van der Waals surface area contributed by atoms with Crippen molar-refractivity contribution in [2.75, 3.05) is 31.0 Å². The van der Waals surface area contributed by atoms with Gasteiger partial charge in [-0.1, -0.05) is 24.3 Å². The molecule has 13 nitrogen and oxygen atoms in total. The lowest BCUT2D eigenvalue weighted by molar-refractivity contribution is -0.137. The van der Waals surface area contributed by atoms with Crippen molar-refractivity contribution < 1.29 is 50.5 Å². The zero-order chi connectivity index (χ0) is 46.5. The Morgan fingerprint density at radius 3 is 2.15 bits per heavy atom. The van der Waals surface area contributed by atoms with E-state index in [0.29, 0.717) is 40.5 Å². The molecule has 0 radical (unpaired) electrons. The molecule has 4 atom stereocenters. The summed E-state index contributed by atoms with van der Waals surface area (Å²) in [4.78, 5) is 41.8. The lowest BCUT2D eigenvalue weighted by atomic mass is 9.94. The number of benzene rings is 3. The predicted octanol–water partition coefficient (Wildman–Crippen LogP) is 9.42. The fraction of sp³-hybridized carbons (Fsp3) is 0.413. The molecule has 0 saturated carbocycles. The third kappa shape index (κ3) is 8.94. The second kappa shape index (κ2) is 17.6. The van der Waals surface area contributed by atoms with Gasteiger partial charge in [0.2, 0.25) is 5.88 Å². The summed E-state index contributed by atoms with van der Waals surface area (Å²) in [7, 11) is 3.02. The fourth-order valence-electron chi connectivity index (χ4n) is 9.05. The maximum Gasteiger partial charge on any atom is 0.417 e. The summed E-state index contributed by atoms with van der Waals surface area (Å²) in [6, 6.07) is 13.1. The van der Waals surface area contributed by atoms with Gasteiger partial charge in [0.05, 0.1) is 55.8 Å². The second-order valence-electron chi connectivity index (χ2n) is 17.3. The summed E-state index contributed by atoms with van der Waals surface area (Å²) < 4.78 is 108. The minimum absolute atomic E-state index is 0.0146. The largest absolute Gasteiger partial charge is 0.497 e. The topological polar surface area (TPSA) is 131 Å². The van der Waals surface area contributed by atoms with Crippen LogP contribution in [0.3, 0.4) is 0 Å². The van der Waals surface area contributed by atoms with E-state index < -0.39 is 93.6 Å². The standard InChI is InChI=1S/C46H48F5N7O6S/c1-24-36(46(49,50)51)31(18-33(37(24)47)56(20-26-8-13-29(61-6)14-9-26)21-27-10-15-30(62-7)16-11-27)39-38(48)40(52-19-34-53-23-54-65-34)35-42(55-39)63-25(2)41-32-17-12-28(22-57(41)43(35)59)58(32)44(60)64-45(3,4)5/h8-11,13-16,18,23,25,28,32,41H,12,17,19-22H2,1-7H3,(H,52,55)/t25-,28+,32-,41+/m0/s1. The Bertz CT molecular complexity index is 2520. The quantitative estimate of drug-likeness (QED) is 0.127.